The SMILES string of the molecule is CCc1ccc(C2CNc3nc(CCCCCO[C@@H]4CCN([C@@H](C(=O)O)c5ccccc5OC)C4)ccc3C2)cc1[C@@H](C(=O)O)N1CC[C@@H](OCCCCCc2ccc3c(n2)NCCC3)C1. The van der Waals surface area contributed by atoms with Gasteiger partial charge in [0.05, 0.1) is 19.3 Å². The zero-order valence-electron chi connectivity index (χ0n) is 39.0. The highest BCUT2D eigenvalue weighted by Crippen LogP contribution is 2.36. The number of aromatic nitrogens is 2. The molecule has 1 unspecified atom stereocenters. The number of fused-ring (bicyclic) bond motifs is 2. The number of likely N-dealkylation sites (tertiary alicyclic amines) is 2. The molecule has 4 aromatic rings. The molecule has 0 saturated carbocycles. The van der Waals surface area contributed by atoms with Crippen molar-refractivity contribution in [2.75, 3.05) is 70.2 Å². The van der Waals surface area contributed by atoms with Gasteiger partial charge in [0.2, 0.25) is 0 Å². The monoisotopic (exact) mass is 903 g/mol. The molecular weight excluding hydrogens is 833 g/mol. The Hall–Kier alpha value is -5.08. The van der Waals surface area contributed by atoms with Crippen LogP contribution in [0.5, 0.6) is 5.75 Å². The lowest BCUT2D eigenvalue weighted by Gasteiger charge is -2.29. The first kappa shape index (κ1) is 47.4. The average molecular weight is 903 g/mol. The molecule has 13 heteroatoms. The lowest BCUT2D eigenvalue weighted by molar-refractivity contribution is -0.144. The minimum Gasteiger partial charge on any atom is -0.496 e. The fourth-order valence-electron chi connectivity index (χ4n) is 10.5. The van der Waals surface area contributed by atoms with Crippen molar-refractivity contribution in [2.24, 2.45) is 0 Å². The van der Waals surface area contributed by atoms with Crippen molar-refractivity contribution < 1.29 is 34.0 Å². The van der Waals surface area contributed by atoms with E-state index < -0.39 is 24.0 Å². The Labute approximate surface area is 390 Å². The number of aryl methyl sites for hydroxylation is 4. The number of para-hydroxylation sites is 1. The molecule has 2 aromatic heterocycles. The molecule has 6 heterocycles. The second-order valence-corrected chi connectivity index (χ2v) is 18.6. The van der Waals surface area contributed by atoms with Crippen LogP contribution in [0.25, 0.3) is 0 Å². The molecule has 2 aromatic carbocycles. The summed E-state index contributed by atoms with van der Waals surface area (Å²) < 4.78 is 18.0. The van der Waals surface area contributed by atoms with Crippen LogP contribution in [0.4, 0.5) is 11.6 Å². The molecule has 4 aliphatic heterocycles. The Morgan fingerprint density at radius 2 is 1.36 bits per heavy atom. The van der Waals surface area contributed by atoms with Crippen molar-refractivity contribution in [2.45, 2.75) is 127 Å². The van der Waals surface area contributed by atoms with E-state index in [1.54, 1.807) is 13.2 Å². The van der Waals surface area contributed by atoms with E-state index in [1.165, 1.54) is 17.5 Å². The molecule has 4 aliphatic rings. The van der Waals surface area contributed by atoms with Gasteiger partial charge in [0.15, 0.2) is 0 Å². The van der Waals surface area contributed by atoms with E-state index in [1.807, 2.05) is 23.1 Å². The summed E-state index contributed by atoms with van der Waals surface area (Å²) in [5.74, 6) is 1.13. The first-order valence-electron chi connectivity index (χ1n) is 24.7. The number of nitrogens with one attached hydrogen (secondary N) is 2. The fraction of sp³-hybridized carbons (Fsp3) is 0.547. The molecule has 13 nitrogen and oxygen atoms in total. The Kier molecular flexibility index (Phi) is 16.6. The summed E-state index contributed by atoms with van der Waals surface area (Å²) >= 11 is 0. The number of hydrogen-bond donors (Lipinski definition) is 4. The third-order valence-electron chi connectivity index (χ3n) is 14.1. The number of carboxylic acids is 2. The zero-order chi connectivity index (χ0) is 45.8. The quantitative estimate of drug-likeness (QED) is 0.0527. The largest absolute Gasteiger partial charge is 0.496 e. The van der Waals surface area contributed by atoms with Crippen LogP contribution in [0.1, 0.15) is 127 Å². The van der Waals surface area contributed by atoms with Gasteiger partial charge in [-0.15, -0.1) is 0 Å². The molecule has 0 aliphatic carbocycles. The number of rotatable bonds is 23. The Balaban J connectivity index is 0.763. The van der Waals surface area contributed by atoms with Gasteiger partial charge in [0.1, 0.15) is 29.5 Å². The third-order valence-corrected chi connectivity index (χ3v) is 14.1. The second-order valence-electron chi connectivity index (χ2n) is 18.6. The number of hydrogen-bond acceptors (Lipinski definition) is 11. The Morgan fingerprint density at radius 3 is 2.00 bits per heavy atom. The van der Waals surface area contributed by atoms with E-state index in [0.29, 0.717) is 50.7 Å². The number of nitrogens with zero attached hydrogens (tertiary/aromatic N) is 4. The van der Waals surface area contributed by atoms with Crippen LogP contribution in [0.2, 0.25) is 0 Å². The summed E-state index contributed by atoms with van der Waals surface area (Å²) in [5, 5.41) is 27.8. The Bertz CT molecular complexity index is 2260. The maximum absolute atomic E-state index is 13.0. The maximum atomic E-state index is 13.0. The molecular formula is C53H70N6O7. The van der Waals surface area contributed by atoms with E-state index in [2.05, 4.69) is 64.9 Å². The lowest BCUT2D eigenvalue weighted by atomic mass is 9.86. The molecule has 2 fully saturated rings. The third kappa shape index (κ3) is 11.9. The zero-order valence-corrected chi connectivity index (χ0v) is 39.0. The van der Waals surface area contributed by atoms with E-state index >= 15 is 0 Å². The molecule has 4 N–H and O–H groups in total. The van der Waals surface area contributed by atoms with Crippen LogP contribution < -0.4 is 15.4 Å². The average Bonchev–Trinajstić information content (AvgIpc) is 4.01. The van der Waals surface area contributed by atoms with Gasteiger partial charge in [-0.05, 0) is 123 Å². The van der Waals surface area contributed by atoms with Gasteiger partial charge < -0.3 is 35.1 Å². The number of methoxy groups -OCH3 is 1. The Morgan fingerprint density at radius 1 is 0.742 bits per heavy atom. The van der Waals surface area contributed by atoms with Crippen molar-refractivity contribution in [3.63, 3.8) is 0 Å². The number of anilines is 2. The van der Waals surface area contributed by atoms with Crippen molar-refractivity contribution in [3.8, 4) is 5.75 Å². The first-order valence-corrected chi connectivity index (χ1v) is 24.7. The summed E-state index contributed by atoms with van der Waals surface area (Å²) in [6.07, 6.45) is 13.6. The van der Waals surface area contributed by atoms with Crippen LogP contribution in [0, 0.1) is 0 Å². The molecule has 8 rings (SSSR count). The highest BCUT2D eigenvalue weighted by Gasteiger charge is 2.37. The number of unbranched alkanes of at least 4 members (excludes halogenated alkanes) is 4. The molecule has 0 radical (unpaired) electrons. The predicted octanol–water partition coefficient (Wildman–Crippen LogP) is 8.42. The number of pyridine rings is 2. The van der Waals surface area contributed by atoms with Crippen molar-refractivity contribution >= 4 is 23.6 Å². The molecule has 2 saturated heterocycles. The van der Waals surface area contributed by atoms with Crippen LogP contribution in [-0.4, -0.2) is 114 Å². The number of carbonyl (C=O) groups is 2. The van der Waals surface area contributed by atoms with Gasteiger partial charge in [-0.25, -0.2) is 9.97 Å². The van der Waals surface area contributed by atoms with Crippen LogP contribution in [0.15, 0.2) is 66.7 Å². The lowest BCUT2D eigenvalue weighted by Crippen LogP contribution is -2.34. The van der Waals surface area contributed by atoms with Gasteiger partial charge in [-0.2, -0.15) is 0 Å². The second kappa shape index (κ2) is 23.1. The topological polar surface area (TPSA) is 159 Å². The summed E-state index contributed by atoms with van der Waals surface area (Å²) in [6.45, 7) is 7.78. The molecule has 0 spiro atoms. The molecule has 0 bridgehead atoms. The van der Waals surface area contributed by atoms with Crippen molar-refractivity contribution in [1.82, 2.24) is 19.8 Å². The van der Waals surface area contributed by atoms with Crippen LogP contribution in [-0.2, 0) is 51.2 Å². The number of aliphatic carboxylic acids is 2. The first-order chi connectivity index (χ1) is 32.3. The fourth-order valence-corrected chi connectivity index (χ4v) is 10.5. The standard InChI is InChI=1S/C53H70N6O7/c1-3-36-18-19-38(32-46(36)49(53(62)63)59-28-25-44(35-59)66-30-10-4-6-14-41-22-20-37-13-12-26-54-50(37)56-41)40-31-39-21-23-42(57-51(39)55-33-40)15-7-5-11-29-65-43-24-27-58(34-43)48(52(60)61)45-16-8-9-17-47(45)64-2/h8-9,16-23,32,40,43-44,48-49H,3-7,10-15,24-31,33-35H2,1-2H3,(H,54,56)(H,55,57)(H,60,61)(H,62,63)/t40?,43-,44-,48-,49+/m1/s1. The highest BCUT2D eigenvalue weighted by atomic mass is 16.5. The minimum absolute atomic E-state index is 0.0184. The van der Waals surface area contributed by atoms with Gasteiger partial charge >= 0.3 is 11.9 Å². The number of ether oxygens (including phenoxy) is 3. The van der Waals surface area contributed by atoms with E-state index in [9.17, 15) is 19.8 Å². The summed E-state index contributed by atoms with van der Waals surface area (Å²) in [6, 6.07) is 21.1. The highest BCUT2D eigenvalue weighted by molar-refractivity contribution is 5.77. The minimum atomic E-state index is -0.879. The van der Waals surface area contributed by atoms with Gasteiger partial charge in [0.25, 0.3) is 0 Å². The summed E-state index contributed by atoms with van der Waals surface area (Å²) in [7, 11) is 1.57. The van der Waals surface area contributed by atoms with Gasteiger partial charge in [-0.3, -0.25) is 19.4 Å². The normalized spacial score (nSPS) is 20.5. The molecule has 354 valence electrons. The maximum Gasteiger partial charge on any atom is 0.325 e. The summed E-state index contributed by atoms with van der Waals surface area (Å²) in [4.78, 5) is 39.2. The number of carboxylic acid groups (broad SMARTS) is 2. The van der Waals surface area contributed by atoms with E-state index in [0.717, 1.165) is 136 Å². The number of benzene rings is 2. The van der Waals surface area contributed by atoms with E-state index in [-0.39, 0.29) is 18.1 Å². The molecule has 5 atom stereocenters. The predicted molar refractivity (Wildman–Crippen MR) is 257 cm³/mol. The molecule has 66 heavy (non-hydrogen) atoms. The smallest absolute Gasteiger partial charge is 0.325 e. The van der Waals surface area contributed by atoms with Crippen molar-refractivity contribution in [3.05, 3.63) is 111 Å². The van der Waals surface area contributed by atoms with Crippen molar-refractivity contribution in [1.29, 1.82) is 0 Å². The van der Waals surface area contributed by atoms with Gasteiger partial charge in [-0.1, -0.05) is 68.3 Å². The summed E-state index contributed by atoms with van der Waals surface area (Å²) in [5.41, 5.74) is 8.56. The van der Waals surface area contributed by atoms with Crippen LogP contribution in [0.3, 0.4) is 0 Å². The van der Waals surface area contributed by atoms with Gasteiger partial charge in [0, 0.05) is 75.4 Å². The molecule has 0 amide bonds. The van der Waals surface area contributed by atoms with Crippen LogP contribution >= 0.6 is 0 Å². The van der Waals surface area contributed by atoms with E-state index in [4.69, 9.17) is 24.2 Å².